The molecule has 2 rings (SSSR count). The molecular weight excluding hydrogens is 254 g/mol. The predicted octanol–water partition coefficient (Wildman–Crippen LogP) is 4.02. The number of anilines is 2. The molecule has 1 aliphatic carbocycles. The third kappa shape index (κ3) is 3.62. The Bertz CT molecular complexity index is 484. The van der Waals surface area contributed by atoms with E-state index >= 15 is 0 Å². The number of benzene rings is 1. The van der Waals surface area contributed by atoms with Crippen LogP contribution in [0.15, 0.2) is 18.2 Å². The van der Waals surface area contributed by atoms with Gasteiger partial charge in [-0.3, -0.25) is 10.1 Å². The van der Waals surface area contributed by atoms with Crippen LogP contribution in [0.2, 0.25) is 0 Å². The highest BCUT2D eigenvalue weighted by Gasteiger charge is 2.40. The van der Waals surface area contributed by atoms with Crippen LogP contribution in [0.3, 0.4) is 0 Å². The Kier molecular flexibility index (Phi) is 4.47. The molecule has 1 aromatic carbocycles. The highest BCUT2D eigenvalue weighted by atomic mass is 16.6. The summed E-state index contributed by atoms with van der Waals surface area (Å²) in [7, 11) is 0. The lowest BCUT2D eigenvalue weighted by Crippen LogP contribution is -2.14. The Morgan fingerprint density at radius 3 is 2.35 bits per heavy atom. The first-order valence-corrected chi connectivity index (χ1v) is 7.36. The Morgan fingerprint density at radius 2 is 1.85 bits per heavy atom. The molecule has 20 heavy (non-hydrogen) atoms. The van der Waals surface area contributed by atoms with E-state index in [9.17, 15) is 10.1 Å². The lowest BCUT2D eigenvalue weighted by atomic mass is 10.0. The molecule has 110 valence electrons. The van der Waals surface area contributed by atoms with Crippen molar-refractivity contribution in [2.75, 3.05) is 23.7 Å². The fraction of sp³-hybridized carbons (Fsp3) is 0.600. The summed E-state index contributed by atoms with van der Waals surface area (Å²) in [5.74, 6) is 0. The normalized spacial score (nSPS) is 15.7. The SMILES string of the molecule is CCCNc1cc(NCC2(CC)CC2)cc([N+](=O)[O-])c1. The van der Waals surface area contributed by atoms with Crippen LogP contribution >= 0.6 is 0 Å². The average molecular weight is 277 g/mol. The minimum atomic E-state index is -0.338. The molecule has 0 saturated heterocycles. The number of nitro groups is 1. The Balaban J connectivity index is 2.09. The van der Waals surface area contributed by atoms with Crippen molar-refractivity contribution < 1.29 is 4.92 Å². The van der Waals surface area contributed by atoms with E-state index in [4.69, 9.17) is 0 Å². The maximum absolute atomic E-state index is 11.0. The van der Waals surface area contributed by atoms with Crippen molar-refractivity contribution >= 4 is 17.1 Å². The van der Waals surface area contributed by atoms with Crippen LogP contribution in [-0.4, -0.2) is 18.0 Å². The van der Waals surface area contributed by atoms with Crippen molar-refractivity contribution in [3.05, 3.63) is 28.3 Å². The van der Waals surface area contributed by atoms with Gasteiger partial charge in [-0.1, -0.05) is 13.8 Å². The highest BCUT2D eigenvalue weighted by Crippen LogP contribution is 2.48. The van der Waals surface area contributed by atoms with Crippen LogP contribution in [0.5, 0.6) is 0 Å². The molecular formula is C15H23N3O2. The van der Waals surface area contributed by atoms with Crippen LogP contribution in [0.4, 0.5) is 17.1 Å². The fourth-order valence-corrected chi connectivity index (χ4v) is 2.31. The van der Waals surface area contributed by atoms with E-state index < -0.39 is 0 Å². The number of nitrogens with one attached hydrogen (secondary N) is 2. The zero-order valence-corrected chi connectivity index (χ0v) is 12.2. The molecule has 2 N–H and O–H groups in total. The van der Waals surface area contributed by atoms with Crippen molar-refractivity contribution in [1.82, 2.24) is 0 Å². The molecule has 0 aromatic heterocycles. The first kappa shape index (κ1) is 14.6. The molecule has 1 aliphatic rings. The summed E-state index contributed by atoms with van der Waals surface area (Å²) < 4.78 is 0. The summed E-state index contributed by atoms with van der Waals surface area (Å²) in [6.07, 6.45) is 4.67. The number of rotatable bonds is 8. The second-order valence-corrected chi connectivity index (χ2v) is 5.66. The number of non-ortho nitro benzene ring substituents is 1. The van der Waals surface area contributed by atoms with Gasteiger partial charge in [0.1, 0.15) is 0 Å². The lowest BCUT2D eigenvalue weighted by molar-refractivity contribution is -0.384. The Labute approximate surface area is 119 Å². The largest absolute Gasteiger partial charge is 0.385 e. The van der Waals surface area contributed by atoms with Crippen LogP contribution in [0, 0.1) is 15.5 Å². The first-order valence-electron chi connectivity index (χ1n) is 7.36. The summed E-state index contributed by atoms with van der Waals surface area (Å²) >= 11 is 0. The van der Waals surface area contributed by atoms with Crippen LogP contribution in [-0.2, 0) is 0 Å². The zero-order valence-electron chi connectivity index (χ0n) is 12.2. The minimum absolute atomic E-state index is 0.134. The maximum Gasteiger partial charge on any atom is 0.273 e. The molecule has 0 aliphatic heterocycles. The molecule has 0 bridgehead atoms. The summed E-state index contributed by atoms with van der Waals surface area (Å²) in [5, 5.41) is 17.6. The third-order valence-corrected chi connectivity index (χ3v) is 4.08. The molecule has 0 unspecified atom stereocenters. The molecule has 5 nitrogen and oxygen atoms in total. The van der Waals surface area contributed by atoms with E-state index in [2.05, 4.69) is 24.5 Å². The van der Waals surface area contributed by atoms with Gasteiger partial charge >= 0.3 is 0 Å². The maximum atomic E-state index is 11.0. The number of nitro benzene ring substituents is 1. The van der Waals surface area contributed by atoms with E-state index in [0.29, 0.717) is 5.41 Å². The van der Waals surface area contributed by atoms with Gasteiger partial charge in [0.05, 0.1) is 4.92 Å². The highest BCUT2D eigenvalue weighted by molar-refractivity contribution is 5.63. The van der Waals surface area contributed by atoms with Gasteiger partial charge < -0.3 is 10.6 Å². The fourth-order valence-electron chi connectivity index (χ4n) is 2.31. The molecule has 1 fully saturated rings. The van der Waals surface area contributed by atoms with Gasteiger partial charge in [0, 0.05) is 36.6 Å². The van der Waals surface area contributed by atoms with Gasteiger partial charge in [0.15, 0.2) is 0 Å². The zero-order chi connectivity index (χ0) is 14.6. The summed E-state index contributed by atoms with van der Waals surface area (Å²) in [4.78, 5) is 10.7. The van der Waals surface area contributed by atoms with Crippen molar-refractivity contribution in [1.29, 1.82) is 0 Å². The van der Waals surface area contributed by atoms with Crippen molar-refractivity contribution in [3.8, 4) is 0 Å². The van der Waals surface area contributed by atoms with Crippen molar-refractivity contribution in [2.24, 2.45) is 5.41 Å². The van der Waals surface area contributed by atoms with Gasteiger partial charge in [-0.25, -0.2) is 0 Å². The summed E-state index contributed by atoms with van der Waals surface area (Å²) in [5.41, 5.74) is 2.19. The Morgan fingerprint density at radius 1 is 1.20 bits per heavy atom. The van der Waals surface area contributed by atoms with Gasteiger partial charge in [-0.05, 0) is 37.2 Å². The summed E-state index contributed by atoms with van der Waals surface area (Å²) in [6.45, 7) is 6.00. The average Bonchev–Trinajstić information content (AvgIpc) is 3.23. The van der Waals surface area contributed by atoms with Gasteiger partial charge in [0.2, 0.25) is 0 Å². The van der Waals surface area contributed by atoms with Gasteiger partial charge in [-0.15, -0.1) is 0 Å². The van der Waals surface area contributed by atoms with Crippen LogP contribution < -0.4 is 10.6 Å². The predicted molar refractivity (Wildman–Crippen MR) is 82.3 cm³/mol. The van der Waals surface area contributed by atoms with E-state index in [-0.39, 0.29) is 10.6 Å². The molecule has 0 amide bonds. The van der Waals surface area contributed by atoms with Gasteiger partial charge in [-0.2, -0.15) is 0 Å². The quantitative estimate of drug-likeness (QED) is 0.556. The second kappa shape index (κ2) is 6.11. The smallest absolute Gasteiger partial charge is 0.273 e. The minimum Gasteiger partial charge on any atom is -0.385 e. The van der Waals surface area contributed by atoms with E-state index in [1.807, 2.05) is 6.07 Å². The molecule has 0 atom stereocenters. The molecule has 0 radical (unpaired) electrons. The standard InChI is InChI=1S/C15H23N3O2/c1-3-7-16-12-8-13(10-14(9-12)18(19)20)17-11-15(4-2)5-6-15/h8-10,16-17H,3-7,11H2,1-2H3. The molecule has 1 aromatic rings. The van der Waals surface area contributed by atoms with Crippen LogP contribution in [0.25, 0.3) is 0 Å². The summed E-state index contributed by atoms with van der Waals surface area (Å²) in [6, 6.07) is 5.16. The van der Waals surface area contributed by atoms with Crippen molar-refractivity contribution in [2.45, 2.75) is 39.5 Å². The Hall–Kier alpha value is -1.78. The van der Waals surface area contributed by atoms with E-state index in [0.717, 1.165) is 37.3 Å². The topological polar surface area (TPSA) is 67.2 Å². The first-order chi connectivity index (χ1) is 9.58. The van der Waals surface area contributed by atoms with Crippen molar-refractivity contribution in [3.63, 3.8) is 0 Å². The van der Waals surface area contributed by atoms with E-state index in [1.54, 1.807) is 12.1 Å². The monoisotopic (exact) mass is 277 g/mol. The van der Waals surface area contributed by atoms with E-state index in [1.165, 1.54) is 12.8 Å². The molecule has 5 heteroatoms. The second-order valence-electron chi connectivity index (χ2n) is 5.66. The third-order valence-electron chi connectivity index (χ3n) is 4.08. The number of hydrogen-bond donors (Lipinski definition) is 2. The number of nitrogens with zero attached hydrogens (tertiary/aromatic N) is 1. The number of hydrogen-bond acceptors (Lipinski definition) is 4. The van der Waals surface area contributed by atoms with Crippen LogP contribution in [0.1, 0.15) is 39.5 Å². The molecule has 0 heterocycles. The molecule has 1 saturated carbocycles. The van der Waals surface area contributed by atoms with Gasteiger partial charge in [0.25, 0.3) is 5.69 Å². The molecule has 0 spiro atoms. The lowest BCUT2D eigenvalue weighted by Gasteiger charge is -2.15.